The molecule has 160 valence electrons. The second-order valence-electron chi connectivity index (χ2n) is 7.30. The number of rotatable bonds is 19. The zero-order valence-corrected chi connectivity index (χ0v) is 21.0. The summed E-state index contributed by atoms with van der Waals surface area (Å²) in [5.74, 6) is -0.475. The second kappa shape index (κ2) is 21.8. The Bertz CT molecular complexity index is 481. The molecular formula is C21H40NNaO4S. The van der Waals surface area contributed by atoms with Crippen molar-refractivity contribution < 1.29 is 47.3 Å². The predicted molar refractivity (Wildman–Crippen MR) is 112 cm³/mol. The summed E-state index contributed by atoms with van der Waals surface area (Å²) >= 11 is 0. The number of hydrogen-bond donors (Lipinski definition) is 1. The van der Waals surface area contributed by atoms with Gasteiger partial charge in [0.15, 0.2) is 0 Å². The summed E-state index contributed by atoms with van der Waals surface area (Å²) in [6, 6.07) is 0. The molecule has 0 bridgehead atoms. The average molecular weight is 426 g/mol. The molecule has 0 heterocycles. The second-order valence-corrected chi connectivity index (χ2v) is 8.82. The molecular weight excluding hydrogens is 385 g/mol. The van der Waals surface area contributed by atoms with Crippen molar-refractivity contribution in [3.8, 4) is 0 Å². The van der Waals surface area contributed by atoms with Crippen LogP contribution in [0.4, 0.5) is 0 Å². The van der Waals surface area contributed by atoms with Crippen LogP contribution in [0.15, 0.2) is 12.2 Å². The molecule has 0 saturated heterocycles. The molecule has 5 nitrogen and oxygen atoms in total. The summed E-state index contributed by atoms with van der Waals surface area (Å²) in [7, 11) is -4.17. The molecule has 1 amide bonds. The maximum absolute atomic E-state index is 11.6. The first kappa shape index (κ1) is 30.3. The topological polar surface area (TPSA) is 86.3 Å². The third-order valence-corrected chi connectivity index (χ3v) is 5.35. The van der Waals surface area contributed by atoms with Gasteiger partial charge in [-0.1, -0.05) is 70.4 Å². The Hall–Kier alpha value is 0.120. The van der Waals surface area contributed by atoms with Gasteiger partial charge in [-0.15, -0.1) is 0 Å². The van der Waals surface area contributed by atoms with E-state index < -0.39 is 15.9 Å². The van der Waals surface area contributed by atoms with E-state index in [1.54, 1.807) is 0 Å². The Balaban J connectivity index is 0. The molecule has 1 N–H and O–H groups in total. The molecule has 0 aromatic heterocycles. The number of hydrogen-bond acceptors (Lipinski definition) is 4. The van der Waals surface area contributed by atoms with Crippen LogP contribution in [0.1, 0.15) is 103 Å². The standard InChI is InChI=1S/C21H41NO4S.Na/c1-2-3-4-5-6-7-8-9-10-11-12-13-14-15-16-18-21(23)22-19-17-20-27(24,25)26;/h9-10H,2-8,11-20H2,1H3,(H,22,23)(H,24,25,26);/q;+1/p-1/b10-9-;. The number of carbonyl (C=O) groups excluding carboxylic acids is 1. The molecule has 0 aromatic rings. The predicted octanol–water partition coefficient (Wildman–Crippen LogP) is 2.08. The van der Waals surface area contributed by atoms with Crippen LogP contribution in [0.3, 0.4) is 0 Å². The molecule has 0 rings (SSSR count). The summed E-state index contributed by atoms with van der Waals surface area (Å²) in [5.41, 5.74) is 0. The summed E-state index contributed by atoms with van der Waals surface area (Å²) < 4.78 is 31.3. The fourth-order valence-electron chi connectivity index (χ4n) is 2.92. The number of allylic oxidation sites excluding steroid dienone is 2. The van der Waals surface area contributed by atoms with Gasteiger partial charge >= 0.3 is 29.6 Å². The monoisotopic (exact) mass is 425 g/mol. The number of carbonyl (C=O) groups is 1. The summed E-state index contributed by atoms with van der Waals surface area (Å²) in [6.45, 7) is 2.50. The van der Waals surface area contributed by atoms with Gasteiger partial charge in [-0.3, -0.25) is 4.79 Å². The van der Waals surface area contributed by atoms with Gasteiger partial charge < -0.3 is 9.87 Å². The van der Waals surface area contributed by atoms with Crippen molar-refractivity contribution in [2.24, 2.45) is 0 Å². The van der Waals surface area contributed by atoms with Crippen LogP contribution < -0.4 is 34.9 Å². The molecule has 0 aliphatic heterocycles. The Kier molecular flexibility index (Phi) is 23.6. The Morgan fingerprint density at radius 2 is 1.32 bits per heavy atom. The summed E-state index contributed by atoms with van der Waals surface area (Å²) in [4.78, 5) is 11.6. The van der Waals surface area contributed by atoms with E-state index in [0.29, 0.717) is 6.42 Å². The minimum atomic E-state index is -4.17. The third-order valence-electron chi connectivity index (χ3n) is 4.56. The van der Waals surface area contributed by atoms with Gasteiger partial charge in [0.25, 0.3) is 0 Å². The van der Waals surface area contributed by atoms with Crippen molar-refractivity contribution in [3.63, 3.8) is 0 Å². The van der Waals surface area contributed by atoms with Gasteiger partial charge in [0.05, 0.1) is 10.1 Å². The van der Waals surface area contributed by atoms with Crippen LogP contribution in [0, 0.1) is 0 Å². The van der Waals surface area contributed by atoms with Crippen molar-refractivity contribution >= 4 is 16.0 Å². The first-order chi connectivity index (χ1) is 13.0. The zero-order chi connectivity index (χ0) is 20.2. The number of nitrogens with one attached hydrogen (secondary N) is 1. The minimum absolute atomic E-state index is 0. The molecule has 0 aliphatic rings. The maximum Gasteiger partial charge on any atom is 1.00 e. The molecule has 0 fully saturated rings. The van der Waals surface area contributed by atoms with Crippen LogP contribution in [0.5, 0.6) is 0 Å². The third kappa shape index (κ3) is 26.1. The fraction of sp³-hybridized carbons (Fsp3) is 0.857. The first-order valence-corrected chi connectivity index (χ1v) is 12.4. The van der Waals surface area contributed by atoms with Crippen LogP contribution in [-0.2, 0) is 14.9 Å². The SMILES string of the molecule is CCCCCCCC/C=C\CCCCCCCC(=O)NCCCS(=O)(=O)[O-].[Na+]. The van der Waals surface area contributed by atoms with Gasteiger partial charge in [0, 0.05) is 18.7 Å². The van der Waals surface area contributed by atoms with Crippen LogP contribution >= 0.6 is 0 Å². The normalized spacial score (nSPS) is 11.5. The summed E-state index contributed by atoms with van der Waals surface area (Å²) in [5, 5.41) is 2.65. The van der Waals surface area contributed by atoms with E-state index in [-0.39, 0.29) is 48.4 Å². The van der Waals surface area contributed by atoms with E-state index in [2.05, 4.69) is 24.4 Å². The van der Waals surface area contributed by atoms with Crippen molar-refractivity contribution in [1.82, 2.24) is 5.32 Å². The summed E-state index contributed by atoms with van der Waals surface area (Å²) in [6.07, 6.45) is 21.2. The van der Waals surface area contributed by atoms with Crippen molar-refractivity contribution in [1.29, 1.82) is 0 Å². The molecule has 0 radical (unpaired) electrons. The largest absolute Gasteiger partial charge is 1.00 e. The Labute approximate surface area is 195 Å². The van der Waals surface area contributed by atoms with Crippen molar-refractivity contribution in [2.45, 2.75) is 103 Å². The van der Waals surface area contributed by atoms with E-state index in [9.17, 15) is 17.8 Å². The molecule has 28 heavy (non-hydrogen) atoms. The zero-order valence-electron chi connectivity index (χ0n) is 18.2. The molecule has 0 aliphatic carbocycles. The van der Waals surface area contributed by atoms with E-state index >= 15 is 0 Å². The maximum atomic E-state index is 11.6. The van der Waals surface area contributed by atoms with Gasteiger partial charge in [-0.2, -0.15) is 0 Å². The van der Waals surface area contributed by atoms with Crippen LogP contribution in [0.2, 0.25) is 0 Å². The van der Waals surface area contributed by atoms with Crippen molar-refractivity contribution in [2.75, 3.05) is 12.3 Å². The van der Waals surface area contributed by atoms with E-state index in [1.807, 2.05) is 0 Å². The van der Waals surface area contributed by atoms with Gasteiger partial charge in [0.1, 0.15) is 0 Å². The van der Waals surface area contributed by atoms with E-state index in [4.69, 9.17) is 0 Å². The molecule has 0 aromatic carbocycles. The Morgan fingerprint density at radius 1 is 0.821 bits per heavy atom. The smallest absolute Gasteiger partial charge is 0.748 e. The quantitative estimate of drug-likeness (QED) is 0.149. The number of unbranched alkanes of at least 4 members (excludes halogenated alkanes) is 11. The van der Waals surface area contributed by atoms with Gasteiger partial charge in [-0.05, 0) is 38.5 Å². The molecule has 0 spiro atoms. The Morgan fingerprint density at radius 3 is 1.86 bits per heavy atom. The van der Waals surface area contributed by atoms with E-state index in [0.717, 1.165) is 25.7 Å². The molecule has 0 saturated carbocycles. The number of amides is 1. The molecule has 0 atom stereocenters. The van der Waals surface area contributed by atoms with Crippen molar-refractivity contribution in [3.05, 3.63) is 12.2 Å². The van der Waals surface area contributed by atoms with Crippen LogP contribution in [-0.4, -0.2) is 31.2 Å². The molecule has 7 heteroatoms. The first-order valence-electron chi connectivity index (χ1n) is 10.8. The molecule has 0 unspecified atom stereocenters. The van der Waals surface area contributed by atoms with Gasteiger partial charge in [-0.25, -0.2) is 8.42 Å². The van der Waals surface area contributed by atoms with E-state index in [1.165, 1.54) is 57.8 Å². The fourth-order valence-corrected chi connectivity index (χ4v) is 3.42. The van der Waals surface area contributed by atoms with Crippen LogP contribution in [0.25, 0.3) is 0 Å². The average Bonchev–Trinajstić information content (AvgIpc) is 2.61. The minimum Gasteiger partial charge on any atom is -0.748 e. The van der Waals surface area contributed by atoms with Gasteiger partial charge in [0.2, 0.25) is 5.91 Å².